The maximum atomic E-state index is 12.8. The molecule has 2 aromatic carbocycles. The van der Waals surface area contributed by atoms with Crippen LogP contribution in [0.4, 0.5) is 4.79 Å². The number of hydrogen-bond donors (Lipinski definition) is 3. The number of ether oxygens (including phenoxy) is 1. The van der Waals surface area contributed by atoms with Crippen molar-refractivity contribution in [2.75, 3.05) is 6.61 Å². The molecule has 0 saturated carbocycles. The summed E-state index contributed by atoms with van der Waals surface area (Å²) in [4.78, 5) is 36.7. The van der Waals surface area contributed by atoms with E-state index < -0.39 is 29.6 Å². The second kappa shape index (κ2) is 10.9. The van der Waals surface area contributed by atoms with E-state index in [4.69, 9.17) is 9.84 Å². The lowest BCUT2D eigenvalue weighted by molar-refractivity contribution is -0.138. The normalized spacial score (nSPS) is 14.6. The summed E-state index contributed by atoms with van der Waals surface area (Å²) in [6.07, 6.45) is -0.703. The van der Waals surface area contributed by atoms with Crippen LogP contribution in [0.3, 0.4) is 0 Å². The van der Waals surface area contributed by atoms with Gasteiger partial charge < -0.3 is 20.5 Å². The van der Waals surface area contributed by atoms with E-state index in [-0.39, 0.29) is 37.2 Å². The molecule has 2 atom stereocenters. The molecular formula is C28H36N2O5. The third-order valence-electron chi connectivity index (χ3n) is 6.62. The smallest absolute Gasteiger partial charge is 0.407 e. The van der Waals surface area contributed by atoms with Gasteiger partial charge in [0.1, 0.15) is 6.61 Å². The summed E-state index contributed by atoms with van der Waals surface area (Å²) in [6.45, 7) is 9.73. The molecule has 0 bridgehead atoms. The molecule has 0 aliphatic heterocycles. The van der Waals surface area contributed by atoms with Crippen LogP contribution >= 0.6 is 0 Å². The van der Waals surface area contributed by atoms with Crippen molar-refractivity contribution < 1.29 is 24.2 Å². The molecule has 0 radical (unpaired) electrons. The Hall–Kier alpha value is -3.35. The van der Waals surface area contributed by atoms with Gasteiger partial charge in [-0.05, 0) is 33.6 Å². The number of carbonyl (C=O) groups is 3. The fourth-order valence-corrected chi connectivity index (χ4v) is 4.45. The molecule has 3 N–H and O–H groups in total. The first-order chi connectivity index (χ1) is 16.5. The maximum absolute atomic E-state index is 12.8. The molecule has 0 fully saturated rings. The second-order valence-corrected chi connectivity index (χ2v) is 10.6. The standard InChI is InChI=1S/C28H36N2O5/c1-17(2)23(14-26(32)33)29-25(31)15-24(28(3,4)5)30-27(34)35-16-22-20-12-8-6-10-18(20)19-11-7-9-13-21(19)22/h6-13,17,22-24H,14-16H2,1-5H3,(H,29,31)(H,30,34)(H,32,33)/t23-,24?/m1/s1. The summed E-state index contributed by atoms with van der Waals surface area (Å²) in [7, 11) is 0. The zero-order chi connectivity index (χ0) is 25.8. The SMILES string of the molecule is CC(C)[C@@H](CC(=O)O)NC(=O)CC(NC(=O)OCC1c2ccccc2-c2ccccc21)C(C)(C)C. The predicted octanol–water partition coefficient (Wildman–Crippen LogP) is 4.95. The second-order valence-electron chi connectivity index (χ2n) is 10.6. The van der Waals surface area contributed by atoms with Gasteiger partial charge in [-0.2, -0.15) is 0 Å². The van der Waals surface area contributed by atoms with Crippen molar-refractivity contribution in [2.45, 2.75) is 65.5 Å². The fraction of sp³-hybridized carbons (Fsp3) is 0.464. The molecule has 0 saturated heterocycles. The molecule has 0 aromatic heterocycles. The fourth-order valence-electron chi connectivity index (χ4n) is 4.45. The summed E-state index contributed by atoms with van der Waals surface area (Å²) in [6, 6.07) is 15.3. The Morgan fingerprint density at radius 2 is 1.46 bits per heavy atom. The molecule has 7 nitrogen and oxygen atoms in total. The lowest BCUT2D eigenvalue weighted by Gasteiger charge is -2.31. The summed E-state index contributed by atoms with van der Waals surface area (Å²) >= 11 is 0. The van der Waals surface area contributed by atoms with Crippen LogP contribution in [0, 0.1) is 11.3 Å². The van der Waals surface area contributed by atoms with E-state index in [0.717, 1.165) is 22.3 Å². The molecular weight excluding hydrogens is 444 g/mol. The topological polar surface area (TPSA) is 105 Å². The van der Waals surface area contributed by atoms with Crippen LogP contribution in [0.15, 0.2) is 48.5 Å². The highest BCUT2D eigenvalue weighted by atomic mass is 16.5. The van der Waals surface area contributed by atoms with Crippen molar-refractivity contribution in [2.24, 2.45) is 11.3 Å². The minimum absolute atomic E-state index is 0.0243. The third kappa shape index (κ3) is 6.62. The molecule has 1 unspecified atom stereocenters. The van der Waals surface area contributed by atoms with Gasteiger partial charge in [-0.15, -0.1) is 0 Å². The summed E-state index contributed by atoms with van der Waals surface area (Å²) in [5.74, 6) is -1.34. The molecule has 0 spiro atoms. The zero-order valence-electron chi connectivity index (χ0n) is 21.1. The third-order valence-corrected chi connectivity index (χ3v) is 6.62. The highest BCUT2D eigenvalue weighted by Crippen LogP contribution is 2.44. The van der Waals surface area contributed by atoms with Gasteiger partial charge in [0.25, 0.3) is 0 Å². The van der Waals surface area contributed by atoms with E-state index in [1.54, 1.807) is 0 Å². The predicted molar refractivity (Wildman–Crippen MR) is 135 cm³/mol. The Labute approximate surface area is 207 Å². The highest BCUT2D eigenvalue weighted by Gasteiger charge is 2.32. The Morgan fingerprint density at radius 3 is 1.94 bits per heavy atom. The van der Waals surface area contributed by atoms with Crippen LogP contribution in [0.1, 0.15) is 64.5 Å². The minimum atomic E-state index is -0.965. The van der Waals surface area contributed by atoms with E-state index in [2.05, 4.69) is 34.9 Å². The Bertz CT molecular complexity index is 1030. The average Bonchev–Trinajstić information content (AvgIpc) is 3.09. The Balaban J connectivity index is 1.64. The monoisotopic (exact) mass is 480 g/mol. The molecule has 2 aromatic rings. The van der Waals surface area contributed by atoms with Crippen molar-refractivity contribution in [3.63, 3.8) is 0 Å². The number of rotatable bonds is 9. The van der Waals surface area contributed by atoms with Crippen molar-refractivity contribution in [1.82, 2.24) is 10.6 Å². The van der Waals surface area contributed by atoms with Gasteiger partial charge in [-0.3, -0.25) is 9.59 Å². The van der Waals surface area contributed by atoms with Crippen molar-refractivity contribution >= 4 is 18.0 Å². The van der Waals surface area contributed by atoms with E-state index in [9.17, 15) is 14.4 Å². The first-order valence-corrected chi connectivity index (χ1v) is 12.1. The molecule has 188 valence electrons. The lowest BCUT2D eigenvalue weighted by atomic mass is 9.84. The van der Waals surface area contributed by atoms with E-state index in [0.29, 0.717) is 0 Å². The number of amides is 2. The lowest BCUT2D eigenvalue weighted by Crippen LogP contribution is -2.49. The Morgan fingerprint density at radius 1 is 0.914 bits per heavy atom. The van der Waals surface area contributed by atoms with Gasteiger partial charge in [0.2, 0.25) is 5.91 Å². The van der Waals surface area contributed by atoms with E-state index in [1.807, 2.05) is 58.9 Å². The summed E-state index contributed by atoms with van der Waals surface area (Å²) in [5, 5.41) is 14.8. The molecule has 3 rings (SSSR count). The number of hydrogen-bond acceptors (Lipinski definition) is 4. The largest absolute Gasteiger partial charge is 0.481 e. The molecule has 7 heteroatoms. The van der Waals surface area contributed by atoms with Gasteiger partial charge in [0.05, 0.1) is 6.42 Å². The van der Waals surface area contributed by atoms with Crippen LogP contribution in [-0.2, 0) is 14.3 Å². The first kappa shape index (κ1) is 26.3. The van der Waals surface area contributed by atoms with Crippen LogP contribution < -0.4 is 10.6 Å². The average molecular weight is 481 g/mol. The number of aliphatic carboxylic acids is 1. The summed E-state index contributed by atoms with van der Waals surface area (Å²) < 4.78 is 5.66. The highest BCUT2D eigenvalue weighted by molar-refractivity contribution is 5.80. The van der Waals surface area contributed by atoms with Crippen LogP contribution in [0.5, 0.6) is 0 Å². The maximum Gasteiger partial charge on any atom is 0.407 e. The van der Waals surface area contributed by atoms with Gasteiger partial charge in [-0.1, -0.05) is 83.1 Å². The van der Waals surface area contributed by atoms with Crippen molar-refractivity contribution in [1.29, 1.82) is 0 Å². The number of benzene rings is 2. The molecule has 35 heavy (non-hydrogen) atoms. The number of nitrogens with one attached hydrogen (secondary N) is 2. The Kier molecular flexibility index (Phi) is 8.20. The zero-order valence-corrected chi connectivity index (χ0v) is 21.1. The molecule has 1 aliphatic rings. The molecule has 0 heterocycles. The van der Waals surface area contributed by atoms with E-state index >= 15 is 0 Å². The van der Waals surface area contributed by atoms with Crippen LogP contribution in [0.2, 0.25) is 0 Å². The number of fused-ring (bicyclic) bond motifs is 3. The molecule has 2 amide bonds. The quantitative estimate of drug-likeness (QED) is 0.471. The number of carbonyl (C=O) groups excluding carboxylic acids is 2. The van der Waals surface area contributed by atoms with Gasteiger partial charge in [0.15, 0.2) is 0 Å². The summed E-state index contributed by atoms with van der Waals surface area (Å²) in [5.41, 5.74) is 4.16. The minimum Gasteiger partial charge on any atom is -0.481 e. The molecule has 1 aliphatic carbocycles. The number of alkyl carbamates (subject to hydrolysis) is 1. The van der Waals surface area contributed by atoms with Gasteiger partial charge in [0, 0.05) is 24.4 Å². The van der Waals surface area contributed by atoms with Crippen molar-refractivity contribution in [3.05, 3.63) is 59.7 Å². The van der Waals surface area contributed by atoms with E-state index in [1.165, 1.54) is 0 Å². The van der Waals surface area contributed by atoms with Crippen molar-refractivity contribution in [3.8, 4) is 11.1 Å². The number of carboxylic acid groups (broad SMARTS) is 1. The first-order valence-electron chi connectivity index (χ1n) is 12.1. The number of carboxylic acids is 1. The van der Waals surface area contributed by atoms with Crippen LogP contribution in [-0.4, -0.2) is 41.8 Å². The van der Waals surface area contributed by atoms with Crippen LogP contribution in [0.25, 0.3) is 11.1 Å². The van der Waals surface area contributed by atoms with Gasteiger partial charge in [-0.25, -0.2) is 4.79 Å². The van der Waals surface area contributed by atoms with Gasteiger partial charge >= 0.3 is 12.1 Å².